The second kappa shape index (κ2) is 42.6. The molecule has 0 atom stereocenters. The maximum absolute atomic E-state index is 12.5. The Morgan fingerprint density at radius 3 is 0.650 bits per heavy atom. The van der Waals surface area contributed by atoms with Crippen LogP contribution in [0.3, 0.4) is 0 Å². The molecule has 0 amide bonds. The SMILES string of the molecule is CC(=O)c1ccc(Sc2ccc([S+](c3ccccc3)c3ccccc3)cc2)cc1.O=C(c1ccc(Sc2ccc([S+](c3ccccc3)c3ccccc3)cc2)cc1)c1cccs1.O=[N+]([O-])c1ccc(Sc2ccc([S+](c3ccccc3)c3ccccc3)cc2)cc1.c1ccc(Sc2ccc([S+](c3ccccc3)c3ccccc3)cc2)cc1. The second-order valence-electron chi connectivity index (χ2n) is 26.0. The Morgan fingerprint density at radius 2 is 0.436 bits per heavy atom. The molecule has 117 heavy (non-hydrogen) atoms. The van der Waals surface area contributed by atoms with Crippen LogP contribution in [0.5, 0.6) is 0 Å². The average Bonchev–Trinajstić information content (AvgIpc) is 1.19. The van der Waals surface area contributed by atoms with Gasteiger partial charge in [0, 0.05) is 62.4 Å². The van der Waals surface area contributed by atoms with E-state index in [2.05, 4.69) is 358 Å². The van der Waals surface area contributed by atoms with Gasteiger partial charge in [-0.3, -0.25) is 19.7 Å². The third-order valence-electron chi connectivity index (χ3n) is 17.9. The van der Waals surface area contributed by atoms with Gasteiger partial charge in [-0.1, -0.05) is 229 Å². The van der Waals surface area contributed by atoms with Gasteiger partial charge in [-0.05, 0) is 273 Å². The molecule has 1 aromatic heterocycles. The van der Waals surface area contributed by atoms with E-state index in [9.17, 15) is 19.7 Å². The molecule has 0 aliphatic carbocycles. The Hall–Kier alpha value is -11.2. The molecule has 0 N–H and O–H groups in total. The number of carbonyl (C=O) groups excluding carboxylic acids is 2. The molecule has 0 unspecified atom stereocenters. The van der Waals surface area contributed by atoms with E-state index in [0.29, 0.717) is 0 Å². The average molecular weight is 1680 g/mol. The zero-order valence-corrected chi connectivity index (χ0v) is 71.0. The van der Waals surface area contributed by atoms with Crippen molar-refractivity contribution in [1.29, 1.82) is 0 Å². The quantitative estimate of drug-likeness (QED) is 0.0256. The van der Waals surface area contributed by atoms with E-state index in [1.54, 1.807) is 78.2 Å². The summed E-state index contributed by atoms with van der Waals surface area (Å²) in [5, 5.41) is 12.7. The molecular weight excluding hydrogens is 1600 g/mol. The van der Waals surface area contributed by atoms with Crippen LogP contribution in [-0.2, 0) is 43.6 Å². The van der Waals surface area contributed by atoms with Gasteiger partial charge in [-0.15, -0.1) is 11.3 Å². The highest BCUT2D eigenvalue weighted by atomic mass is 32.2. The maximum atomic E-state index is 12.5. The number of hydrogen-bond donors (Lipinski definition) is 0. The first kappa shape index (κ1) is 82.3. The molecule has 0 aliphatic rings. The van der Waals surface area contributed by atoms with Gasteiger partial charge in [0.25, 0.3) is 5.69 Å². The summed E-state index contributed by atoms with van der Waals surface area (Å²) in [6, 6.07) is 157. The van der Waals surface area contributed by atoms with Crippen molar-refractivity contribution in [3.8, 4) is 0 Å². The highest BCUT2D eigenvalue weighted by Crippen LogP contribution is 2.40. The minimum Gasteiger partial charge on any atom is -0.295 e. The number of carbonyl (C=O) groups is 2. The Morgan fingerprint density at radius 1 is 0.239 bits per heavy atom. The number of thiophene rings is 1. The van der Waals surface area contributed by atoms with Crippen LogP contribution in [-0.4, -0.2) is 16.5 Å². The third kappa shape index (κ3) is 23.3. The topological polar surface area (TPSA) is 77.3 Å². The standard InChI is InChI=1S/C29H21OS3.C26H21OS2.C24H18NO2S2.C24H19S2/c30-29(28-12-7-21-31-28)22-13-15-23(16-14-22)32-24-17-19-27(20-18-24)33(25-8-3-1-4-9-25)26-10-5-2-6-11-26;1-20(27)21-12-14-22(15-13-21)28-23-16-18-26(19-17-23)29(24-8-4-2-5-9-24)25-10-6-3-7-11-25;26-25(27)19-11-13-20(14-12-19)28-21-15-17-24(18-16-21)29(22-7-3-1-4-8-22)23-9-5-2-6-10-23;1-4-10-20(11-5-1)25-21-16-18-24(19-17-21)26(22-12-6-2-7-13-22)23-14-8-3-9-15-23/h1-21H;2-19H,1H3;1-18H;1-19H/q4*+1. The first-order valence-corrected chi connectivity index (χ1v) is 46.7. The summed E-state index contributed by atoms with van der Waals surface area (Å²) in [7, 11) is -0.503. The summed E-state index contributed by atoms with van der Waals surface area (Å²) in [6.45, 7) is 1.59. The van der Waals surface area contributed by atoms with Crippen LogP contribution in [0.15, 0.2) is 558 Å². The van der Waals surface area contributed by atoms with E-state index in [1.807, 2.05) is 78.2 Å². The highest BCUT2D eigenvalue weighted by Gasteiger charge is 2.32. The number of nitrogens with zero attached hydrogens (tertiary/aromatic N) is 1. The van der Waals surface area contributed by atoms with Crippen LogP contribution in [0.1, 0.15) is 32.5 Å². The molecule has 0 aliphatic heterocycles. The highest BCUT2D eigenvalue weighted by molar-refractivity contribution is 8.00. The molecule has 0 saturated heterocycles. The van der Waals surface area contributed by atoms with Crippen molar-refractivity contribution >= 4 is 119 Å². The maximum Gasteiger partial charge on any atom is 0.269 e. The molecule has 17 rings (SSSR count). The number of nitro benzene ring substituents is 1. The fourth-order valence-corrected chi connectivity index (χ4v) is 24.6. The van der Waals surface area contributed by atoms with Gasteiger partial charge in [0.15, 0.2) is 64.5 Å². The molecule has 14 heteroatoms. The molecule has 0 radical (unpaired) electrons. The lowest BCUT2D eigenvalue weighted by Crippen LogP contribution is -2.04. The number of ketones is 2. The summed E-state index contributed by atoms with van der Waals surface area (Å²) in [4.78, 5) is 60.2. The molecule has 570 valence electrons. The lowest BCUT2D eigenvalue weighted by atomic mass is 10.1. The Balaban J connectivity index is 0.000000129. The smallest absolute Gasteiger partial charge is 0.269 e. The van der Waals surface area contributed by atoms with Crippen LogP contribution < -0.4 is 0 Å². The van der Waals surface area contributed by atoms with Crippen molar-refractivity contribution in [3.63, 3.8) is 0 Å². The lowest BCUT2D eigenvalue weighted by molar-refractivity contribution is -0.384. The van der Waals surface area contributed by atoms with E-state index in [4.69, 9.17) is 0 Å². The van der Waals surface area contributed by atoms with Crippen molar-refractivity contribution in [2.75, 3.05) is 0 Å². The fourth-order valence-electron chi connectivity index (χ4n) is 12.3. The van der Waals surface area contributed by atoms with E-state index in [1.165, 1.54) is 89.7 Å². The van der Waals surface area contributed by atoms with Gasteiger partial charge >= 0.3 is 0 Å². The number of benzene rings is 16. The normalized spacial score (nSPS) is 10.8. The Kier molecular flexibility index (Phi) is 29.9. The number of nitro groups is 1. The summed E-state index contributed by atoms with van der Waals surface area (Å²) < 4.78 is 0. The first-order valence-electron chi connectivity index (χ1n) is 37.7. The van der Waals surface area contributed by atoms with Crippen molar-refractivity contribution < 1.29 is 14.5 Å². The summed E-state index contributed by atoms with van der Waals surface area (Å²) in [5.41, 5.74) is 1.59. The molecule has 16 aromatic carbocycles. The number of hydrogen-bond acceptors (Lipinski definition) is 9. The van der Waals surface area contributed by atoms with Gasteiger partial charge in [0.1, 0.15) is 0 Å². The summed E-state index contributed by atoms with van der Waals surface area (Å²) in [6.07, 6.45) is 0. The van der Waals surface area contributed by atoms with E-state index in [-0.39, 0.29) is 65.8 Å². The zero-order valence-electron chi connectivity index (χ0n) is 63.6. The minimum atomic E-state index is -0.378. The third-order valence-corrected chi connectivity index (χ3v) is 31.8. The fraction of sp³-hybridized carbons (Fsp3) is 0.00971. The van der Waals surface area contributed by atoms with Gasteiger partial charge in [-0.25, -0.2) is 0 Å². The molecule has 1 heterocycles. The largest absolute Gasteiger partial charge is 0.295 e. The molecule has 0 spiro atoms. The Labute approximate surface area is 718 Å². The summed E-state index contributed by atoms with van der Waals surface area (Å²) in [5.74, 6) is 0.180. The summed E-state index contributed by atoms with van der Waals surface area (Å²) >= 11 is 8.31. The predicted octanol–water partition coefficient (Wildman–Crippen LogP) is 29.1. The monoisotopic (exact) mass is 1680 g/mol. The Bertz CT molecular complexity index is 5550. The van der Waals surface area contributed by atoms with Gasteiger partial charge < -0.3 is 0 Å². The molecule has 17 aromatic rings. The van der Waals surface area contributed by atoms with Crippen molar-refractivity contribution in [1.82, 2.24) is 0 Å². The van der Waals surface area contributed by atoms with Crippen LogP contribution in [0.4, 0.5) is 5.69 Å². The van der Waals surface area contributed by atoms with Crippen LogP contribution in [0.2, 0.25) is 0 Å². The number of Topliss-reactive ketones (excluding diaryl/α,β-unsaturated/α-hetero) is 1. The van der Waals surface area contributed by atoms with E-state index >= 15 is 0 Å². The van der Waals surface area contributed by atoms with Gasteiger partial charge in [0.2, 0.25) is 5.78 Å². The van der Waals surface area contributed by atoms with Crippen molar-refractivity contribution in [3.05, 3.63) is 486 Å². The van der Waals surface area contributed by atoms with Crippen LogP contribution in [0.25, 0.3) is 0 Å². The van der Waals surface area contributed by atoms with E-state index in [0.717, 1.165) is 35.6 Å². The van der Waals surface area contributed by atoms with Crippen LogP contribution >= 0.6 is 58.4 Å². The second-order valence-corrected chi connectivity index (χ2v) is 39.6. The van der Waals surface area contributed by atoms with E-state index < -0.39 is 0 Å². The minimum absolute atomic E-state index is 0.0786. The lowest BCUT2D eigenvalue weighted by Gasteiger charge is -2.09. The van der Waals surface area contributed by atoms with Crippen molar-refractivity contribution in [2.45, 2.75) is 105 Å². The van der Waals surface area contributed by atoms with Crippen molar-refractivity contribution in [2.24, 2.45) is 0 Å². The van der Waals surface area contributed by atoms with Gasteiger partial charge in [0.05, 0.1) is 53.4 Å². The number of non-ortho nitro benzene ring substituents is 1. The predicted molar refractivity (Wildman–Crippen MR) is 493 cm³/mol. The molecule has 0 saturated carbocycles. The van der Waals surface area contributed by atoms with Crippen LogP contribution in [0, 0.1) is 10.1 Å². The zero-order chi connectivity index (χ0) is 80.2. The molecule has 0 fully saturated rings. The van der Waals surface area contributed by atoms with Gasteiger partial charge in [-0.2, -0.15) is 0 Å². The number of rotatable bonds is 24. The first-order chi connectivity index (χ1) is 57.6. The molecule has 0 bridgehead atoms. The molecule has 5 nitrogen and oxygen atoms in total. The molecular formula is C103H79NO4S9+4.